The molecule has 0 aliphatic heterocycles. The summed E-state index contributed by atoms with van der Waals surface area (Å²) in [7, 11) is 1.43. The number of aromatic nitrogens is 2. The van der Waals surface area contributed by atoms with Crippen molar-refractivity contribution in [2.24, 2.45) is 0 Å². The van der Waals surface area contributed by atoms with Crippen molar-refractivity contribution in [2.75, 3.05) is 25.6 Å². The molecule has 0 unspecified atom stereocenters. The molecule has 0 aliphatic rings. The van der Waals surface area contributed by atoms with Gasteiger partial charge in [-0.05, 0) is 20.8 Å². The molecule has 5 nitrogen and oxygen atoms in total. The van der Waals surface area contributed by atoms with Gasteiger partial charge in [0.05, 0.1) is 12.2 Å². The number of halogens is 3. The van der Waals surface area contributed by atoms with E-state index in [0.29, 0.717) is 0 Å². The van der Waals surface area contributed by atoms with Gasteiger partial charge >= 0.3 is 6.18 Å². The lowest BCUT2D eigenvalue weighted by Gasteiger charge is -2.19. The van der Waals surface area contributed by atoms with Gasteiger partial charge in [-0.2, -0.15) is 18.2 Å². The van der Waals surface area contributed by atoms with Crippen LogP contribution in [0.25, 0.3) is 0 Å². The first-order valence-electron chi connectivity index (χ1n) is 6.02. The summed E-state index contributed by atoms with van der Waals surface area (Å²) in [4.78, 5) is 7.13. The van der Waals surface area contributed by atoms with E-state index in [2.05, 4.69) is 15.3 Å². The monoisotopic (exact) mass is 293 g/mol. The zero-order chi connectivity index (χ0) is 15.4. The van der Waals surface area contributed by atoms with Crippen LogP contribution in [0.3, 0.4) is 0 Å². The Morgan fingerprint density at radius 1 is 1.15 bits per heavy atom. The Kier molecular flexibility index (Phi) is 5.15. The minimum atomic E-state index is -4.55. The van der Waals surface area contributed by atoms with Crippen LogP contribution < -0.4 is 10.1 Å². The Hall–Kier alpha value is -1.57. The van der Waals surface area contributed by atoms with Crippen LogP contribution in [0.5, 0.6) is 5.88 Å². The van der Waals surface area contributed by atoms with E-state index in [1.807, 2.05) is 20.8 Å². The second-order valence-electron chi connectivity index (χ2n) is 4.97. The number of anilines is 1. The fraction of sp³-hybridized carbons (Fsp3) is 0.667. The molecule has 1 N–H and O–H groups in total. The third kappa shape index (κ3) is 5.60. The molecule has 0 atom stereocenters. The lowest BCUT2D eigenvalue weighted by molar-refractivity contribution is -0.141. The van der Waals surface area contributed by atoms with Gasteiger partial charge in [0.2, 0.25) is 11.8 Å². The molecule has 8 heteroatoms. The first-order chi connectivity index (χ1) is 9.12. The summed E-state index contributed by atoms with van der Waals surface area (Å²) in [5, 5.41) is 2.46. The van der Waals surface area contributed by atoms with Gasteiger partial charge in [-0.1, -0.05) is 0 Å². The average Bonchev–Trinajstić information content (AvgIpc) is 2.32. The Balaban J connectivity index is 2.70. The van der Waals surface area contributed by atoms with Crippen molar-refractivity contribution in [2.45, 2.75) is 32.5 Å². The van der Waals surface area contributed by atoms with Crippen molar-refractivity contribution in [3.05, 3.63) is 11.8 Å². The maximum atomic E-state index is 12.6. The lowest BCUT2D eigenvalue weighted by atomic mass is 10.2. The standard InChI is InChI=1S/C12H18F3N3O2/c1-11(2,3)20-6-5-19-9-7-8(12(13,14)15)17-10(16-4)18-9/h7H,5-6H2,1-4H3,(H,16,17,18). The van der Waals surface area contributed by atoms with E-state index in [0.717, 1.165) is 6.07 Å². The van der Waals surface area contributed by atoms with Gasteiger partial charge in [0.25, 0.3) is 0 Å². The Bertz CT molecular complexity index is 445. The second kappa shape index (κ2) is 6.25. The van der Waals surface area contributed by atoms with Crippen molar-refractivity contribution in [3.63, 3.8) is 0 Å². The molecule has 1 aromatic heterocycles. The van der Waals surface area contributed by atoms with Crippen LogP contribution in [0.4, 0.5) is 19.1 Å². The zero-order valence-electron chi connectivity index (χ0n) is 11.8. The maximum absolute atomic E-state index is 12.6. The number of ether oxygens (including phenoxy) is 2. The van der Waals surface area contributed by atoms with Crippen molar-refractivity contribution < 1.29 is 22.6 Å². The van der Waals surface area contributed by atoms with Crippen LogP contribution in [-0.4, -0.2) is 35.8 Å². The molecule has 0 amide bonds. The molecule has 1 aromatic rings. The van der Waals surface area contributed by atoms with Gasteiger partial charge in [-0.15, -0.1) is 0 Å². The predicted octanol–water partition coefficient (Wildman–Crippen LogP) is 2.73. The zero-order valence-corrected chi connectivity index (χ0v) is 11.8. The molecule has 0 radical (unpaired) electrons. The van der Waals surface area contributed by atoms with Crippen LogP contribution in [-0.2, 0) is 10.9 Å². The third-order valence-electron chi connectivity index (χ3n) is 2.09. The minimum Gasteiger partial charge on any atom is -0.475 e. The molecule has 0 aliphatic carbocycles. The summed E-state index contributed by atoms with van der Waals surface area (Å²) in [6.07, 6.45) is -4.55. The van der Waals surface area contributed by atoms with Gasteiger partial charge < -0.3 is 14.8 Å². The topological polar surface area (TPSA) is 56.3 Å². The fourth-order valence-corrected chi connectivity index (χ4v) is 1.25. The van der Waals surface area contributed by atoms with Gasteiger partial charge in [0.15, 0.2) is 5.69 Å². The first-order valence-corrected chi connectivity index (χ1v) is 6.02. The maximum Gasteiger partial charge on any atom is 0.433 e. The normalized spacial score (nSPS) is 12.3. The Morgan fingerprint density at radius 3 is 2.30 bits per heavy atom. The molecule has 20 heavy (non-hydrogen) atoms. The van der Waals surface area contributed by atoms with E-state index in [9.17, 15) is 13.2 Å². The molecular formula is C12H18F3N3O2. The van der Waals surface area contributed by atoms with Crippen LogP contribution in [0, 0.1) is 0 Å². The molecule has 0 spiro atoms. The van der Waals surface area contributed by atoms with Crippen molar-refractivity contribution >= 4 is 5.95 Å². The van der Waals surface area contributed by atoms with Crippen LogP contribution in [0.2, 0.25) is 0 Å². The van der Waals surface area contributed by atoms with E-state index in [-0.39, 0.29) is 30.6 Å². The quantitative estimate of drug-likeness (QED) is 0.846. The van der Waals surface area contributed by atoms with Crippen LogP contribution in [0.15, 0.2) is 6.07 Å². The van der Waals surface area contributed by atoms with E-state index >= 15 is 0 Å². The van der Waals surface area contributed by atoms with Gasteiger partial charge in [0.1, 0.15) is 6.61 Å². The highest BCUT2D eigenvalue weighted by Gasteiger charge is 2.34. The Morgan fingerprint density at radius 2 is 1.80 bits per heavy atom. The molecule has 1 heterocycles. The summed E-state index contributed by atoms with van der Waals surface area (Å²) >= 11 is 0. The number of nitrogens with one attached hydrogen (secondary N) is 1. The second-order valence-corrected chi connectivity index (χ2v) is 4.97. The summed E-state index contributed by atoms with van der Waals surface area (Å²) in [6.45, 7) is 5.98. The molecule has 0 bridgehead atoms. The highest BCUT2D eigenvalue weighted by atomic mass is 19.4. The van der Waals surface area contributed by atoms with E-state index in [1.165, 1.54) is 7.05 Å². The third-order valence-corrected chi connectivity index (χ3v) is 2.09. The van der Waals surface area contributed by atoms with E-state index in [1.54, 1.807) is 0 Å². The van der Waals surface area contributed by atoms with Crippen molar-refractivity contribution in [3.8, 4) is 5.88 Å². The smallest absolute Gasteiger partial charge is 0.433 e. The summed E-state index contributed by atoms with van der Waals surface area (Å²) in [6, 6.07) is 0.762. The van der Waals surface area contributed by atoms with Gasteiger partial charge in [-0.25, -0.2) is 4.98 Å². The summed E-state index contributed by atoms with van der Waals surface area (Å²) in [5.41, 5.74) is -1.38. The fourth-order valence-electron chi connectivity index (χ4n) is 1.25. The Labute approximate surface area is 115 Å². The summed E-state index contributed by atoms with van der Waals surface area (Å²) < 4.78 is 48.5. The molecular weight excluding hydrogens is 275 g/mol. The minimum absolute atomic E-state index is 0.106. The predicted molar refractivity (Wildman–Crippen MR) is 67.8 cm³/mol. The number of nitrogens with zero attached hydrogens (tertiary/aromatic N) is 2. The van der Waals surface area contributed by atoms with Crippen LogP contribution in [0.1, 0.15) is 26.5 Å². The van der Waals surface area contributed by atoms with Crippen molar-refractivity contribution in [1.82, 2.24) is 9.97 Å². The highest BCUT2D eigenvalue weighted by molar-refractivity contribution is 5.31. The van der Waals surface area contributed by atoms with E-state index in [4.69, 9.17) is 9.47 Å². The molecule has 114 valence electrons. The molecule has 0 aromatic carbocycles. The van der Waals surface area contributed by atoms with E-state index < -0.39 is 11.9 Å². The average molecular weight is 293 g/mol. The largest absolute Gasteiger partial charge is 0.475 e. The number of hydrogen-bond donors (Lipinski definition) is 1. The number of hydrogen-bond acceptors (Lipinski definition) is 5. The molecule has 0 saturated carbocycles. The van der Waals surface area contributed by atoms with Gasteiger partial charge in [0, 0.05) is 13.1 Å². The highest BCUT2D eigenvalue weighted by Crippen LogP contribution is 2.30. The number of rotatable bonds is 5. The molecule has 0 saturated heterocycles. The molecule has 1 rings (SSSR count). The van der Waals surface area contributed by atoms with Crippen molar-refractivity contribution in [1.29, 1.82) is 0 Å². The number of alkyl halides is 3. The molecule has 0 fully saturated rings. The lowest BCUT2D eigenvalue weighted by Crippen LogP contribution is -2.22. The summed E-state index contributed by atoms with van der Waals surface area (Å²) in [5.74, 6) is -0.291. The SMILES string of the molecule is CNc1nc(OCCOC(C)(C)C)cc(C(F)(F)F)n1. The van der Waals surface area contributed by atoms with Gasteiger partial charge in [-0.3, -0.25) is 0 Å². The van der Waals surface area contributed by atoms with Crippen LogP contribution >= 0.6 is 0 Å². The first kappa shape index (κ1) is 16.5.